The Labute approximate surface area is 88.9 Å². The smallest absolute Gasteiger partial charge is 0.319 e. The zero-order valence-corrected chi connectivity index (χ0v) is 9.05. The third-order valence-corrected chi connectivity index (χ3v) is 3.10. The van der Waals surface area contributed by atoms with E-state index in [-0.39, 0.29) is 5.56 Å². The van der Waals surface area contributed by atoms with Crippen molar-refractivity contribution in [2.75, 3.05) is 0 Å². The molecule has 2 N–H and O–H groups in total. The molecule has 15 heavy (non-hydrogen) atoms. The number of alkyl halides is 4. The Morgan fingerprint density at radius 2 is 1.87 bits per heavy atom. The molecule has 0 spiro atoms. The Morgan fingerprint density at radius 3 is 2.20 bits per heavy atom. The molecule has 1 unspecified atom stereocenters. The molecule has 0 saturated carbocycles. The molecule has 0 amide bonds. The molecule has 0 bridgehead atoms. The van der Waals surface area contributed by atoms with Gasteiger partial charge in [-0.3, -0.25) is 0 Å². The van der Waals surface area contributed by atoms with E-state index >= 15 is 0 Å². The van der Waals surface area contributed by atoms with Gasteiger partial charge in [-0.05, 0) is 25.5 Å². The van der Waals surface area contributed by atoms with Crippen LogP contribution in [0.2, 0.25) is 0 Å². The van der Waals surface area contributed by atoms with Crippen molar-refractivity contribution in [1.82, 2.24) is 0 Å². The lowest BCUT2D eigenvalue weighted by Crippen LogP contribution is -2.39. The molecule has 1 atom stereocenters. The molecule has 86 valence electrons. The zero-order chi connectivity index (χ0) is 11.8. The molecule has 0 fully saturated rings. The Morgan fingerprint density at radius 1 is 1.33 bits per heavy atom. The molecule has 0 aliphatic heterocycles. The van der Waals surface area contributed by atoms with Crippen LogP contribution in [0.4, 0.5) is 17.6 Å². The lowest BCUT2D eigenvalue weighted by atomic mass is 10.0. The third kappa shape index (κ3) is 2.31. The minimum atomic E-state index is -4.18. The van der Waals surface area contributed by atoms with Crippen LogP contribution in [0.15, 0.2) is 6.07 Å². The Kier molecular flexibility index (Phi) is 3.40. The van der Waals surface area contributed by atoms with Gasteiger partial charge in [-0.25, -0.2) is 8.78 Å². The van der Waals surface area contributed by atoms with E-state index in [1.54, 1.807) is 13.8 Å². The highest BCUT2D eigenvalue weighted by Gasteiger charge is 2.48. The lowest BCUT2D eigenvalue weighted by molar-refractivity contribution is -0.144. The van der Waals surface area contributed by atoms with Crippen LogP contribution in [-0.4, -0.2) is 12.3 Å². The van der Waals surface area contributed by atoms with E-state index in [1.807, 2.05) is 0 Å². The molecule has 1 aromatic heterocycles. The van der Waals surface area contributed by atoms with Gasteiger partial charge in [0.25, 0.3) is 0 Å². The van der Waals surface area contributed by atoms with Gasteiger partial charge in [-0.2, -0.15) is 8.78 Å². The number of nitrogens with two attached hydrogens (primary N) is 1. The predicted octanol–water partition coefficient (Wildman–Crippen LogP) is 3.27. The second-order valence-electron chi connectivity index (χ2n) is 3.32. The summed E-state index contributed by atoms with van der Waals surface area (Å²) in [6.45, 7) is 3.31. The van der Waals surface area contributed by atoms with Gasteiger partial charge in [0.1, 0.15) is 6.04 Å². The van der Waals surface area contributed by atoms with E-state index < -0.39 is 18.4 Å². The van der Waals surface area contributed by atoms with Crippen LogP contribution in [0, 0.1) is 13.8 Å². The van der Waals surface area contributed by atoms with Crippen molar-refractivity contribution in [2.24, 2.45) is 5.73 Å². The maximum atomic E-state index is 12.9. The molecule has 1 heterocycles. The first-order valence-electron chi connectivity index (χ1n) is 4.25. The molecule has 0 radical (unpaired) electrons. The first-order chi connectivity index (χ1) is 6.76. The summed E-state index contributed by atoms with van der Waals surface area (Å²) >= 11 is 1.27. The summed E-state index contributed by atoms with van der Waals surface area (Å²) in [5.74, 6) is -4.18. The van der Waals surface area contributed by atoms with Gasteiger partial charge in [0.15, 0.2) is 0 Å². The molecule has 1 rings (SSSR count). The number of aryl methyl sites for hydroxylation is 2. The van der Waals surface area contributed by atoms with E-state index in [4.69, 9.17) is 5.73 Å². The third-order valence-electron chi connectivity index (χ3n) is 2.12. The van der Waals surface area contributed by atoms with Gasteiger partial charge in [-0.1, -0.05) is 0 Å². The normalized spacial score (nSPS) is 14.7. The summed E-state index contributed by atoms with van der Waals surface area (Å²) in [7, 11) is 0. The predicted molar refractivity (Wildman–Crippen MR) is 51.7 cm³/mol. The highest BCUT2D eigenvalue weighted by Crippen LogP contribution is 2.38. The van der Waals surface area contributed by atoms with Gasteiger partial charge >= 0.3 is 12.3 Å². The molecule has 1 aromatic rings. The molecule has 0 aliphatic rings. The van der Waals surface area contributed by atoms with E-state index in [9.17, 15) is 17.6 Å². The first-order valence-corrected chi connectivity index (χ1v) is 5.07. The van der Waals surface area contributed by atoms with Crippen molar-refractivity contribution < 1.29 is 17.6 Å². The number of rotatable bonds is 3. The minimum absolute atomic E-state index is 0.0998. The van der Waals surface area contributed by atoms with Crippen LogP contribution in [-0.2, 0) is 0 Å². The molecule has 0 aromatic carbocycles. The molecule has 6 heteroatoms. The fourth-order valence-electron chi connectivity index (χ4n) is 1.30. The molecule has 1 nitrogen and oxygen atoms in total. The zero-order valence-electron chi connectivity index (χ0n) is 8.23. The summed E-state index contributed by atoms with van der Waals surface area (Å²) in [5, 5.41) is 0. The SMILES string of the molecule is Cc1cc(C(N)C(F)(F)C(F)F)c(C)s1. The Hall–Kier alpha value is -0.620. The van der Waals surface area contributed by atoms with Crippen molar-refractivity contribution in [3.8, 4) is 0 Å². The van der Waals surface area contributed by atoms with Gasteiger partial charge in [-0.15, -0.1) is 11.3 Å². The van der Waals surface area contributed by atoms with Gasteiger partial charge in [0.2, 0.25) is 0 Å². The van der Waals surface area contributed by atoms with Crippen molar-refractivity contribution in [3.05, 3.63) is 21.4 Å². The summed E-state index contributed by atoms with van der Waals surface area (Å²) in [4.78, 5) is 1.34. The summed E-state index contributed by atoms with van der Waals surface area (Å²) < 4.78 is 50.0. The van der Waals surface area contributed by atoms with Crippen LogP contribution in [0.3, 0.4) is 0 Å². The number of halogens is 4. The second-order valence-corrected chi connectivity index (χ2v) is 4.78. The average Bonchev–Trinajstić information content (AvgIpc) is 2.43. The van der Waals surface area contributed by atoms with E-state index in [1.165, 1.54) is 17.4 Å². The van der Waals surface area contributed by atoms with Gasteiger partial charge in [0.05, 0.1) is 0 Å². The van der Waals surface area contributed by atoms with E-state index in [2.05, 4.69) is 0 Å². The first kappa shape index (κ1) is 12.4. The maximum Gasteiger partial charge on any atom is 0.326 e. The highest BCUT2D eigenvalue weighted by molar-refractivity contribution is 7.12. The largest absolute Gasteiger partial charge is 0.326 e. The molecule has 0 aliphatic carbocycles. The molecule has 0 saturated heterocycles. The van der Waals surface area contributed by atoms with Gasteiger partial charge in [0, 0.05) is 9.75 Å². The van der Waals surface area contributed by atoms with Gasteiger partial charge < -0.3 is 5.73 Å². The van der Waals surface area contributed by atoms with Crippen LogP contribution < -0.4 is 5.73 Å². The quantitative estimate of drug-likeness (QED) is 0.807. The van der Waals surface area contributed by atoms with Crippen molar-refractivity contribution in [2.45, 2.75) is 32.2 Å². The minimum Gasteiger partial charge on any atom is -0.319 e. The maximum absolute atomic E-state index is 12.9. The molecular formula is C9H11F4NS. The fraction of sp³-hybridized carbons (Fsp3) is 0.556. The standard InChI is InChI=1S/C9H11F4NS/c1-4-3-6(5(2)15-4)7(14)9(12,13)8(10)11/h3,7-8H,14H2,1-2H3. The van der Waals surface area contributed by atoms with E-state index in [0.29, 0.717) is 4.88 Å². The van der Waals surface area contributed by atoms with E-state index in [0.717, 1.165) is 4.88 Å². The van der Waals surface area contributed by atoms with Crippen LogP contribution >= 0.6 is 11.3 Å². The number of hydrogen-bond acceptors (Lipinski definition) is 2. The second kappa shape index (κ2) is 4.09. The monoisotopic (exact) mass is 241 g/mol. The Balaban J connectivity index is 3.04. The number of hydrogen-bond donors (Lipinski definition) is 1. The Bertz CT molecular complexity index is 348. The lowest BCUT2D eigenvalue weighted by Gasteiger charge is -2.22. The summed E-state index contributed by atoms with van der Waals surface area (Å²) in [5.41, 5.74) is 5.26. The highest BCUT2D eigenvalue weighted by atomic mass is 32.1. The average molecular weight is 241 g/mol. The number of thiophene rings is 1. The summed E-state index contributed by atoms with van der Waals surface area (Å²) in [6, 6.07) is -0.511. The summed E-state index contributed by atoms with van der Waals surface area (Å²) in [6.07, 6.45) is -3.74. The topological polar surface area (TPSA) is 26.0 Å². The van der Waals surface area contributed by atoms with Crippen molar-refractivity contribution in [3.63, 3.8) is 0 Å². The molecular weight excluding hydrogens is 230 g/mol. The van der Waals surface area contributed by atoms with Crippen LogP contribution in [0.5, 0.6) is 0 Å². The van der Waals surface area contributed by atoms with Crippen LogP contribution in [0.1, 0.15) is 21.4 Å². The van der Waals surface area contributed by atoms with Crippen molar-refractivity contribution in [1.29, 1.82) is 0 Å². The fourth-order valence-corrected chi connectivity index (χ4v) is 2.27. The van der Waals surface area contributed by atoms with Crippen molar-refractivity contribution >= 4 is 11.3 Å². The van der Waals surface area contributed by atoms with Crippen LogP contribution in [0.25, 0.3) is 0 Å².